The molecule has 0 saturated carbocycles. The van der Waals surface area contributed by atoms with E-state index in [1.807, 2.05) is 18.2 Å². The number of aromatic hydroxyl groups is 1. The monoisotopic (exact) mass is 340 g/mol. The smallest absolute Gasteiger partial charge is 0.289 e. The van der Waals surface area contributed by atoms with Crippen LogP contribution in [0.3, 0.4) is 0 Å². The molecule has 0 aliphatic rings. The van der Waals surface area contributed by atoms with Crippen molar-refractivity contribution in [2.75, 3.05) is 0 Å². The number of H-pyrrole nitrogens is 1. The van der Waals surface area contributed by atoms with Crippen LogP contribution in [0, 0.1) is 0 Å². The number of amides is 1. The summed E-state index contributed by atoms with van der Waals surface area (Å²) in [6, 6.07) is 15.3. The number of aromatic nitrogens is 2. The number of aromatic amines is 1. The molecule has 120 valence electrons. The van der Waals surface area contributed by atoms with E-state index >= 15 is 0 Å². The molecule has 7 heteroatoms. The number of rotatable bonds is 4. The van der Waals surface area contributed by atoms with E-state index in [1.165, 1.54) is 18.3 Å². The minimum absolute atomic E-state index is 0.167. The first-order chi connectivity index (χ1) is 11.6. The number of phenols is 1. The number of carbonyl (C=O) groups excluding carboxylic acids is 1. The van der Waals surface area contributed by atoms with Crippen molar-refractivity contribution in [2.45, 2.75) is 0 Å². The number of hydrogen-bond donors (Lipinski definition) is 3. The molecule has 3 aromatic rings. The normalized spacial score (nSPS) is 10.9. The molecule has 0 radical (unpaired) electrons. The number of carbonyl (C=O) groups is 1. The Balaban J connectivity index is 1.68. The van der Waals surface area contributed by atoms with E-state index in [4.69, 9.17) is 11.6 Å². The van der Waals surface area contributed by atoms with Crippen LogP contribution in [0.25, 0.3) is 11.3 Å². The van der Waals surface area contributed by atoms with Crippen LogP contribution < -0.4 is 5.43 Å². The molecule has 0 saturated heterocycles. The second-order valence-electron chi connectivity index (χ2n) is 4.94. The Kier molecular flexibility index (Phi) is 4.58. The van der Waals surface area contributed by atoms with E-state index in [0.717, 1.165) is 11.1 Å². The number of nitrogens with one attached hydrogen (secondary N) is 2. The third kappa shape index (κ3) is 3.61. The number of benzene rings is 2. The van der Waals surface area contributed by atoms with Gasteiger partial charge >= 0.3 is 0 Å². The van der Waals surface area contributed by atoms with Crippen molar-refractivity contribution in [1.29, 1.82) is 0 Å². The van der Waals surface area contributed by atoms with E-state index in [-0.39, 0.29) is 11.4 Å². The predicted molar refractivity (Wildman–Crippen MR) is 92.2 cm³/mol. The summed E-state index contributed by atoms with van der Waals surface area (Å²) in [6.07, 6.45) is 1.47. The van der Waals surface area contributed by atoms with Crippen LogP contribution in [0.4, 0.5) is 0 Å². The van der Waals surface area contributed by atoms with Crippen LogP contribution in [0.15, 0.2) is 59.7 Å². The Hall–Kier alpha value is -3.12. The number of hydrogen-bond acceptors (Lipinski definition) is 4. The first kappa shape index (κ1) is 15.8. The molecule has 0 atom stereocenters. The van der Waals surface area contributed by atoms with Gasteiger partial charge in [0.2, 0.25) is 0 Å². The molecule has 0 spiro atoms. The summed E-state index contributed by atoms with van der Waals surface area (Å²) in [6.45, 7) is 0. The van der Waals surface area contributed by atoms with Crippen LogP contribution in [0.5, 0.6) is 5.75 Å². The van der Waals surface area contributed by atoms with Gasteiger partial charge in [0.15, 0.2) is 0 Å². The zero-order valence-corrected chi connectivity index (χ0v) is 13.2. The van der Waals surface area contributed by atoms with Crippen LogP contribution in [-0.4, -0.2) is 27.4 Å². The maximum atomic E-state index is 12.0. The predicted octanol–water partition coefficient (Wildman–Crippen LogP) is 3.20. The highest BCUT2D eigenvalue weighted by Gasteiger charge is 2.12. The van der Waals surface area contributed by atoms with Crippen LogP contribution >= 0.6 is 11.6 Å². The van der Waals surface area contributed by atoms with Gasteiger partial charge in [0.25, 0.3) is 5.91 Å². The molecule has 0 unspecified atom stereocenters. The molecule has 0 fully saturated rings. The number of nitrogens with zero attached hydrogens (tertiary/aromatic N) is 2. The second-order valence-corrected chi connectivity index (χ2v) is 5.34. The van der Waals surface area contributed by atoms with Gasteiger partial charge in [0.05, 0.1) is 16.9 Å². The van der Waals surface area contributed by atoms with E-state index in [1.54, 1.807) is 24.3 Å². The summed E-state index contributed by atoms with van der Waals surface area (Å²) in [5.41, 5.74) is 4.74. The molecule has 6 nitrogen and oxygen atoms in total. The first-order valence-electron chi connectivity index (χ1n) is 7.06. The fraction of sp³-hybridized carbons (Fsp3) is 0. The second kappa shape index (κ2) is 6.97. The van der Waals surface area contributed by atoms with Crippen molar-refractivity contribution in [1.82, 2.24) is 15.6 Å². The minimum Gasteiger partial charge on any atom is -0.508 e. The van der Waals surface area contributed by atoms with Gasteiger partial charge in [0, 0.05) is 5.56 Å². The molecule has 1 aromatic heterocycles. The van der Waals surface area contributed by atoms with Crippen molar-refractivity contribution < 1.29 is 9.90 Å². The van der Waals surface area contributed by atoms with Gasteiger partial charge in [-0.05, 0) is 42.0 Å². The zero-order valence-electron chi connectivity index (χ0n) is 12.4. The maximum Gasteiger partial charge on any atom is 0.289 e. The average molecular weight is 341 g/mol. The lowest BCUT2D eigenvalue weighted by Crippen LogP contribution is -2.17. The van der Waals surface area contributed by atoms with E-state index in [2.05, 4.69) is 20.7 Å². The minimum atomic E-state index is -0.421. The molecular formula is C17H13ClN4O2. The van der Waals surface area contributed by atoms with Crippen molar-refractivity contribution in [3.8, 4) is 17.0 Å². The standard InChI is InChI=1S/C17H13ClN4O2/c18-14-4-2-1-3-13(14)15-9-16(21-20-15)17(24)22-19-10-11-5-7-12(23)8-6-11/h1-10,23H,(H,20,21)(H,22,24)/b19-10+. The van der Waals surface area contributed by atoms with Crippen LogP contribution in [0.1, 0.15) is 16.1 Å². The van der Waals surface area contributed by atoms with E-state index < -0.39 is 5.91 Å². The number of hydrazone groups is 1. The molecule has 1 heterocycles. The van der Waals surface area contributed by atoms with E-state index in [9.17, 15) is 9.90 Å². The summed E-state index contributed by atoms with van der Waals surface area (Å²) in [5.74, 6) is -0.253. The van der Waals surface area contributed by atoms with Crippen molar-refractivity contribution in [3.63, 3.8) is 0 Å². The van der Waals surface area contributed by atoms with Crippen molar-refractivity contribution >= 4 is 23.7 Å². The van der Waals surface area contributed by atoms with Gasteiger partial charge in [-0.3, -0.25) is 9.89 Å². The van der Waals surface area contributed by atoms with E-state index in [0.29, 0.717) is 10.7 Å². The topological polar surface area (TPSA) is 90.4 Å². The summed E-state index contributed by atoms with van der Waals surface area (Å²) in [4.78, 5) is 12.0. The van der Waals surface area contributed by atoms with Gasteiger partial charge in [0.1, 0.15) is 11.4 Å². The van der Waals surface area contributed by atoms with Crippen molar-refractivity contribution in [3.05, 3.63) is 70.9 Å². The molecule has 24 heavy (non-hydrogen) atoms. The van der Waals surface area contributed by atoms with Gasteiger partial charge in [-0.25, -0.2) is 5.43 Å². The fourth-order valence-corrected chi connectivity index (χ4v) is 2.26. The lowest BCUT2D eigenvalue weighted by atomic mass is 10.1. The summed E-state index contributed by atoms with van der Waals surface area (Å²) in [5, 5.41) is 20.4. The van der Waals surface area contributed by atoms with Gasteiger partial charge in [-0.2, -0.15) is 10.2 Å². The Morgan fingerprint density at radius 1 is 1.21 bits per heavy atom. The van der Waals surface area contributed by atoms with Crippen LogP contribution in [0.2, 0.25) is 5.02 Å². The molecule has 1 amide bonds. The summed E-state index contributed by atoms with van der Waals surface area (Å²) in [7, 11) is 0. The number of halogens is 1. The third-order valence-corrected chi connectivity index (χ3v) is 3.57. The molecule has 0 aliphatic carbocycles. The zero-order chi connectivity index (χ0) is 16.9. The van der Waals surface area contributed by atoms with Gasteiger partial charge < -0.3 is 5.11 Å². The molecule has 0 aliphatic heterocycles. The molecule has 2 aromatic carbocycles. The molecule has 3 N–H and O–H groups in total. The Morgan fingerprint density at radius 2 is 1.96 bits per heavy atom. The lowest BCUT2D eigenvalue weighted by Gasteiger charge is -1.98. The quantitative estimate of drug-likeness (QED) is 0.503. The van der Waals surface area contributed by atoms with Gasteiger partial charge in [-0.1, -0.05) is 29.8 Å². The van der Waals surface area contributed by atoms with Crippen LogP contribution in [-0.2, 0) is 0 Å². The highest BCUT2D eigenvalue weighted by atomic mass is 35.5. The lowest BCUT2D eigenvalue weighted by molar-refractivity contribution is 0.0950. The molecular weight excluding hydrogens is 328 g/mol. The summed E-state index contributed by atoms with van der Waals surface area (Å²) < 4.78 is 0. The largest absolute Gasteiger partial charge is 0.508 e. The Labute approximate surface area is 142 Å². The van der Waals surface area contributed by atoms with Gasteiger partial charge in [-0.15, -0.1) is 0 Å². The Morgan fingerprint density at radius 3 is 2.71 bits per heavy atom. The maximum absolute atomic E-state index is 12.0. The SMILES string of the molecule is O=C(N/N=C/c1ccc(O)cc1)c1cc(-c2ccccc2Cl)n[nH]1. The summed E-state index contributed by atoms with van der Waals surface area (Å²) >= 11 is 6.11. The third-order valence-electron chi connectivity index (χ3n) is 3.25. The fourth-order valence-electron chi connectivity index (χ4n) is 2.03. The molecule has 0 bridgehead atoms. The number of phenolic OH excluding ortho intramolecular Hbond substituents is 1. The highest BCUT2D eigenvalue weighted by Crippen LogP contribution is 2.26. The Bertz CT molecular complexity index is 888. The highest BCUT2D eigenvalue weighted by molar-refractivity contribution is 6.33. The first-order valence-corrected chi connectivity index (χ1v) is 7.44. The average Bonchev–Trinajstić information content (AvgIpc) is 3.07. The van der Waals surface area contributed by atoms with Crippen molar-refractivity contribution in [2.24, 2.45) is 5.10 Å². The molecule has 3 rings (SSSR count).